The molecule has 0 aromatic carbocycles. The van der Waals surface area contributed by atoms with Gasteiger partial charge in [-0.1, -0.05) is 420 Å². The normalized spacial score (nSPS) is 12.4. The van der Waals surface area contributed by atoms with E-state index in [9.17, 15) is 24.6 Å². The first-order valence-electron chi connectivity index (χ1n) is 48.7. The summed E-state index contributed by atoms with van der Waals surface area (Å²) in [4.78, 5) is 46.2. The zero-order chi connectivity index (χ0) is 77.6. The summed E-state index contributed by atoms with van der Waals surface area (Å²) in [5.41, 5.74) is 0. The average molecular weight is 1520 g/mol. The number of nitrogens with zero attached hydrogens (tertiary/aromatic N) is 3. The van der Waals surface area contributed by atoms with Crippen LogP contribution in [0.2, 0.25) is 0 Å². The lowest BCUT2D eigenvalue weighted by Crippen LogP contribution is -2.42. The number of aliphatic hydroxyl groups is 2. The van der Waals surface area contributed by atoms with E-state index in [1.165, 1.54) is 360 Å². The Balaban J connectivity index is 5.73. The van der Waals surface area contributed by atoms with Gasteiger partial charge in [-0.3, -0.25) is 14.4 Å². The maximum Gasteiger partial charge on any atom is 0.305 e. The van der Waals surface area contributed by atoms with Gasteiger partial charge in [-0.05, 0) is 110 Å². The molecule has 0 aliphatic rings. The lowest BCUT2D eigenvalue weighted by molar-refractivity contribution is -0.145. The Bertz CT molecular complexity index is 1690. The van der Waals surface area contributed by atoms with Gasteiger partial charge in [0.05, 0.1) is 32.0 Å². The van der Waals surface area contributed by atoms with Gasteiger partial charge < -0.3 is 39.1 Å². The molecule has 0 fully saturated rings. The van der Waals surface area contributed by atoms with Crippen LogP contribution in [0.15, 0.2) is 0 Å². The zero-order valence-corrected chi connectivity index (χ0v) is 73.2. The molecule has 0 radical (unpaired) electrons. The first-order chi connectivity index (χ1) is 52.7. The van der Waals surface area contributed by atoms with Crippen LogP contribution in [-0.2, 0) is 28.6 Å². The van der Waals surface area contributed by atoms with Crippen molar-refractivity contribution < 1.29 is 38.8 Å². The maximum absolute atomic E-state index is 13.1. The standard InChI is InChI=1S/C96H191N3O8/c1-6-11-16-21-26-31-36-41-46-51-56-61-71-86-105-94(102)77-66-64-65-76-92(100)89-97(80-67-59-54-49-44-39-34-29-24-19-14-9-4)82-69-70-83-98(81-68-60-55-50-45-40-35-30-25-20-15-10-5)90-93(101)91-99(84-74-78-95(103)106-87-72-62-57-52-47-42-37-32-27-22-17-12-7-2)85-75-79-96(104)107-88-73-63-58-53-48-43-38-33-28-23-18-13-8-3/h92-93,100-101H,6-91H2,1-5H3. The molecule has 638 valence electrons. The fraction of sp³-hybridized carbons (Fsp3) is 0.969. The summed E-state index contributed by atoms with van der Waals surface area (Å²) in [5.74, 6) is -0.321. The van der Waals surface area contributed by atoms with E-state index >= 15 is 0 Å². The third-order valence-electron chi connectivity index (χ3n) is 22.9. The van der Waals surface area contributed by atoms with Crippen LogP contribution in [0.1, 0.15) is 510 Å². The number of carbonyl (C=O) groups is 3. The van der Waals surface area contributed by atoms with E-state index in [2.05, 4.69) is 49.3 Å². The van der Waals surface area contributed by atoms with Gasteiger partial charge in [-0.15, -0.1) is 0 Å². The minimum atomic E-state index is -0.561. The highest BCUT2D eigenvalue weighted by Crippen LogP contribution is 2.20. The molecule has 0 bridgehead atoms. The molecule has 0 aliphatic carbocycles. The first-order valence-corrected chi connectivity index (χ1v) is 48.7. The number of hydrogen-bond donors (Lipinski definition) is 2. The summed E-state index contributed by atoms with van der Waals surface area (Å²) in [6, 6.07) is 0. The molecule has 0 spiro atoms. The van der Waals surface area contributed by atoms with Gasteiger partial charge in [0.2, 0.25) is 0 Å². The Kier molecular flexibility index (Phi) is 88.3. The number of esters is 3. The molecule has 0 rings (SSSR count). The first kappa shape index (κ1) is 105. The molecular formula is C96H191N3O8. The molecule has 2 atom stereocenters. The molecule has 11 heteroatoms. The van der Waals surface area contributed by atoms with Crippen molar-refractivity contribution in [3.05, 3.63) is 0 Å². The summed E-state index contributed by atoms with van der Waals surface area (Å²) in [7, 11) is 0. The Morgan fingerprint density at radius 1 is 0.206 bits per heavy atom. The molecule has 2 unspecified atom stereocenters. The molecule has 0 heterocycles. The van der Waals surface area contributed by atoms with Crippen LogP contribution in [-0.4, -0.2) is 134 Å². The lowest BCUT2D eigenvalue weighted by atomic mass is 10.0. The summed E-state index contributed by atoms with van der Waals surface area (Å²) >= 11 is 0. The molecule has 0 aliphatic heterocycles. The van der Waals surface area contributed by atoms with Crippen LogP contribution in [0.25, 0.3) is 0 Å². The molecule has 0 aromatic rings. The Hall–Kier alpha value is -1.79. The second-order valence-corrected chi connectivity index (χ2v) is 33.9. The van der Waals surface area contributed by atoms with Gasteiger partial charge in [0.25, 0.3) is 0 Å². The fourth-order valence-electron chi connectivity index (χ4n) is 15.8. The third-order valence-corrected chi connectivity index (χ3v) is 22.9. The van der Waals surface area contributed by atoms with Crippen molar-refractivity contribution in [3.63, 3.8) is 0 Å². The maximum atomic E-state index is 13.1. The van der Waals surface area contributed by atoms with E-state index in [1.54, 1.807) is 0 Å². The van der Waals surface area contributed by atoms with Crippen molar-refractivity contribution in [2.45, 2.75) is 522 Å². The lowest BCUT2D eigenvalue weighted by Gasteiger charge is -2.30. The van der Waals surface area contributed by atoms with Crippen molar-refractivity contribution in [2.24, 2.45) is 0 Å². The monoisotopic (exact) mass is 1510 g/mol. The topological polar surface area (TPSA) is 129 Å². The molecule has 0 saturated heterocycles. The van der Waals surface area contributed by atoms with Gasteiger partial charge in [0.15, 0.2) is 0 Å². The van der Waals surface area contributed by atoms with Crippen molar-refractivity contribution in [1.29, 1.82) is 0 Å². The molecule has 0 saturated carbocycles. The van der Waals surface area contributed by atoms with E-state index in [-0.39, 0.29) is 24.0 Å². The summed E-state index contributed by atoms with van der Waals surface area (Å²) in [6.07, 6.45) is 89.5. The van der Waals surface area contributed by atoms with Crippen LogP contribution in [0, 0.1) is 0 Å². The molecule has 107 heavy (non-hydrogen) atoms. The summed E-state index contributed by atoms with van der Waals surface area (Å²) in [6.45, 7) is 20.0. The highest BCUT2D eigenvalue weighted by molar-refractivity contribution is 5.70. The number of hydrogen-bond acceptors (Lipinski definition) is 11. The third kappa shape index (κ3) is 84.9. The zero-order valence-electron chi connectivity index (χ0n) is 73.2. The molecule has 11 nitrogen and oxygen atoms in total. The van der Waals surface area contributed by atoms with E-state index in [0.717, 1.165) is 110 Å². The molecule has 0 amide bonds. The summed E-state index contributed by atoms with van der Waals surface area (Å²) < 4.78 is 17.2. The van der Waals surface area contributed by atoms with Crippen molar-refractivity contribution in [2.75, 3.05) is 78.7 Å². The van der Waals surface area contributed by atoms with Gasteiger partial charge >= 0.3 is 17.9 Å². The minimum Gasteiger partial charge on any atom is -0.466 e. The average Bonchev–Trinajstić information content (AvgIpc) is 0.955. The number of rotatable bonds is 93. The van der Waals surface area contributed by atoms with E-state index in [4.69, 9.17) is 14.2 Å². The second kappa shape index (κ2) is 89.8. The fourth-order valence-corrected chi connectivity index (χ4v) is 15.8. The van der Waals surface area contributed by atoms with Crippen LogP contribution in [0.4, 0.5) is 0 Å². The van der Waals surface area contributed by atoms with Crippen molar-refractivity contribution in [3.8, 4) is 0 Å². The van der Waals surface area contributed by atoms with Crippen molar-refractivity contribution >= 4 is 17.9 Å². The number of unbranched alkanes of at least 4 members (excludes halogenated alkanes) is 61. The van der Waals surface area contributed by atoms with Gasteiger partial charge in [0, 0.05) is 38.9 Å². The quantitative estimate of drug-likeness (QED) is 0.0343. The van der Waals surface area contributed by atoms with E-state index in [0.29, 0.717) is 84.6 Å². The Labute approximate surface area is 668 Å². The predicted molar refractivity (Wildman–Crippen MR) is 464 cm³/mol. The van der Waals surface area contributed by atoms with Gasteiger partial charge in [-0.25, -0.2) is 0 Å². The SMILES string of the molecule is CCCCCCCCCCCCCCCOC(=O)CCCCCC(O)CN(CCCCCCCCCCCCCC)CCCCN(CCCCCCCCCCCCCC)CC(O)CN(CCCC(=O)OCCCCCCCCCCCCCCC)CCCC(=O)OCCCCCCCCCCCCCCC. The van der Waals surface area contributed by atoms with E-state index in [1.807, 2.05) is 0 Å². The largest absolute Gasteiger partial charge is 0.466 e. The number of carbonyl (C=O) groups excluding carboxylic acids is 3. The van der Waals surface area contributed by atoms with Crippen LogP contribution < -0.4 is 0 Å². The van der Waals surface area contributed by atoms with Crippen LogP contribution >= 0.6 is 0 Å². The van der Waals surface area contributed by atoms with Gasteiger partial charge in [-0.2, -0.15) is 0 Å². The van der Waals surface area contributed by atoms with Crippen LogP contribution in [0.5, 0.6) is 0 Å². The molecular weight excluding hydrogens is 1320 g/mol. The smallest absolute Gasteiger partial charge is 0.305 e. The second-order valence-electron chi connectivity index (χ2n) is 33.9. The Morgan fingerprint density at radius 2 is 0.374 bits per heavy atom. The Morgan fingerprint density at radius 3 is 0.607 bits per heavy atom. The number of aliphatic hydroxyl groups excluding tert-OH is 2. The van der Waals surface area contributed by atoms with Crippen molar-refractivity contribution in [1.82, 2.24) is 14.7 Å². The molecule has 0 aromatic heterocycles. The minimum absolute atomic E-state index is 0.0661. The van der Waals surface area contributed by atoms with Crippen LogP contribution in [0.3, 0.4) is 0 Å². The highest BCUT2D eigenvalue weighted by Gasteiger charge is 2.19. The number of ether oxygens (including phenoxy) is 3. The van der Waals surface area contributed by atoms with E-state index < -0.39 is 6.10 Å². The molecule has 2 N–H and O–H groups in total. The summed E-state index contributed by atoms with van der Waals surface area (Å²) in [5, 5.41) is 23.6. The van der Waals surface area contributed by atoms with Gasteiger partial charge in [0.1, 0.15) is 0 Å². The predicted octanol–water partition coefficient (Wildman–Crippen LogP) is 28.2. The highest BCUT2D eigenvalue weighted by atomic mass is 16.5.